The summed E-state index contributed by atoms with van der Waals surface area (Å²) >= 11 is 2.38. The number of allylic oxidation sites excluding steroid dienone is 10. The highest BCUT2D eigenvalue weighted by atomic mass is 127. The molecule has 0 N–H and O–H groups in total. The Balaban J connectivity index is 1.72. The highest BCUT2D eigenvalue weighted by Crippen LogP contribution is 2.35. The number of hydrogen-bond donors (Lipinski definition) is 0. The van der Waals surface area contributed by atoms with Crippen LogP contribution < -0.4 is 10.4 Å². The Kier molecular flexibility index (Phi) is 4.82. The first-order valence-electron chi connectivity index (χ1n) is 8.94. The first-order chi connectivity index (χ1) is 12.6. The van der Waals surface area contributed by atoms with E-state index in [-0.39, 0.29) is 0 Å². The summed E-state index contributed by atoms with van der Waals surface area (Å²) in [5.74, 6) is 0.512. The molecule has 2 aromatic rings. The number of rotatable bonds is 2. The van der Waals surface area contributed by atoms with Crippen LogP contribution in [0.25, 0.3) is 23.4 Å². The lowest BCUT2D eigenvalue weighted by molar-refractivity contribution is 0.751. The molecule has 0 aliphatic heterocycles. The van der Waals surface area contributed by atoms with Crippen LogP contribution in [0.5, 0.6) is 0 Å². The zero-order valence-corrected chi connectivity index (χ0v) is 17.0. The van der Waals surface area contributed by atoms with E-state index in [1.54, 1.807) is 0 Å². The second-order valence-electron chi connectivity index (χ2n) is 6.93. The summed E-state index contributed by atoms with van der Waals surface area (Å²) in [6.45, 7) is 6.43. The Bertz CT molecular complexity index is 1140. The third kappa shape index (κ3) is 3.41. The molecule has 4 rings (SSSR count). The van der Waals surface area contributed by atoms with Crippen molar-refractivity contribution >= 4 is 46.0 Å². The summed E-state index contributed by atoms with van der Waals surface area (Å²) < 4.78 is 1.31. The molecule has 1 heteroatoms. The van der Waals surface area contributed by atoms with E-state index in [4.69, 9.17) is 0 Å². The molecule has 2 aliphatic rings. The predicted octanol–water partition coefficient (Wildman–Crippen LogP) is 5.74. The van der Waals surface area contributed by atoms with Gasteiger partial charge in [0.25, 0.3) is 0 Å². The van der Waals surface area contributed by atoms with Gasteiger partial charge in [-0.1, -0.05) is 79.4 Å². The van der Waals surface area contributed by atoms with E-state index in [0.29, 0.717) is 5.92 Å². The quantitative estimate of drug-likeness (QED) is 0.515. The normalized spacial score (nSPS) is 20.5. The van der Waals surface area contributed by atoms with Gasteiger partial charge in [-0.05, 0) is 79.9 Å². The summed E-state index contributed by atoms with van der Waals surface area (Å²) in [4.78, 5) is 0. The minimum Gasteiger partial charge on any atom is -0.0911 e. The first-order valence-corrected chi connectivity index (χ1v) is 10.0. The summed E-state index contributed by atoms with van der Waals surface area (Å²) in [5.41, 5.74) is 4.16. The van der Waals surface area contributed by atoms with Crippen molar-refractivity contribution < 1.29 is 0 Å². The smallest absolute Gasteiger partial charge is 0.0130 e. The summed E-state index contributed by atoms with van der Waals surface area (Å²) in [6.07, 6.45) is 16.9. The van der Waals surface area contributed by atoms with Gasteiger partial charge in [0.15, 0.2) is 0 Å². The maximum atomic E-state index is 4.22. The summed E-state index contributed by atoms with van der Waals surface area (Å²) in [7, 11) is 0. The molecular weight excluding hydrogens is 427 g/mol. The molecule has 0 saturated carbocycles. The van der Waals surface area contributed by atoms with Gasteiger partial charge in [0, 0.05) is 9.50 Å². The van der Waals surface area contributed by atoms with Gasteiger partial charge in [0.1, 0.15) is 0 Å². The van der Waals surface area contributed by atoms with Crippen LogP contribution in [0.1, 0.15) is 13.3 Å². The topological polar surface area (TPSA) is 0 Å². The molecule has 128 valence electrons. The number of halogens is 1. The van der Waals surface area contributed by atoms with Crippen LogP contribution in [0.15, 0.2) is 93.2 Å². The van der Waals surface area contributed by atoms with Gasteiger partial charge in [-0.3, -0.25) is 0 Å². The van der Waals surface area contributed by atoms with Crippen molar-refractivity contribution in [1.29, 1.82) is 0 Å². The van der Waals surface area contributed by atoms with Crippen molar-refractivity contribution in [3.8, 4) is 0 Å². The van der Waals surface area contributed by atoms with Crippen LogP contribution in [0.4, 0.5) is 0 Å². The van der Waals surface area contributed by atoms with Crippen molar-refractivity contribution in [2.45, 2.75) is 13.3 Å². The molecule has 0 saturated heterocycles. The van der Waals surface area contributed by atoms with Gasteiger partial charge < -0.3 is 0 Å². The predicted molar refractivity (Wildman–Crippen MR) is 122 cm³/mol. The fourth-order valence-electron chi connectivity index (χ4n) is 3.64. The molecular formula is C25H21I. The largest absolute Gasteiger partial charge is 0.0911 e. The van der Waals surface area contributed by atoms with Gasteiger partial charge in [-0.25, -0.2) is 0 Å². The number of hydrogen-bond acceptors (Lipinski definition) is 0. The first kappa shape index (κ1) is 17.3. The number of benzene rings is 2. The Morgan fingerprint density at radius 2 is 2.00 bits per heavy atom. The molecule has 0 fully saturated rings. The lowest BCUT2D eigenvalue weighted by Crippen LogP contribution is -2.23. The second kappa shape index (κ2) is 7.24. The van der Waals surface area contributed by atoms with E-state index in [9.17, 15) is 0 Å². The Morgan fingerprint density at radius 3 is 2.88 bits per heavy atom. The monoisotopic (exact) mass is 448 g/mol. The SMILES string of the molecule is C=c1ccc2ccccc2/c1=C/C=C(\C)C1=CC=C2C=C(I)C=CC2C1. The average Bonchev–Trinajstić information content (AvgIpc) is 2.66. The van der Waals surface area contributed by atoms with E-state index < -0.39 is 0 Å². The minimum atomic E-state index is 0.512. The third-order valence-electron chi connectivity index (χ3n) is 5.20. The highest BCUT2D eigenvalue weighted by molar-refractivity contribution is 14.1. The van der Waals surface area contributed by atoms with Crippen LogP contribution in [0.3, 0.4) is 0 Å². The lowest BCUT2D eigenvalue weighted by atomic mass is 9.82. The molecule has 0 spiro atoms. The van der Waals surface area contributed by atoms with E-state index in [1.165, 1.54) is 36.3 Å². The number of fused-ring (bicyclic) bond motifs is 2. The maximum absolute atomic E-state index is 4.22. The molecule has 0 nitrogen and oxygen atoms in total. The molecule has 0 radical (unpaired) electrons. The van der Waals surface area contributed by atoms with Crippen molar-refractivity contribution in [3.63, 3.8) is 0 Å². The van der Waals surface area contributed by atoms with Crippen molar-refractivity contribution in [1.82, 2.24) is 0 Å². The molecule has 1 unspecified atom stereocenters. The van der Waals surface area contributed by atoms with E-state index in [0.717, 1.165) is 11.6 Å². The molecule has 26 heavy (non-hydrogen) atoms. The zero-order chi connectivity index (χ0) is 18.1. The van der Waals surface area contributed by atoms with Crippen LogP contribution in [0.2, 0.25) is 0 Å². The average molecular weight is 448 g/mol. The Labute approximate surface area is 168 Å². The van der Waals surface area contributed by atoms with Crippen molar-refractivity contribution in [3.05, 3.63) is 104 Å². The summed E-state index contributed by atoms with van der Waals surface area (Å²) in [6, 6.07) is 12.8. The molecule has 2 aliphatic carbocycles. The Hall–Kier alpha value is -2.13. The Morgan fingerprint density at radius 1 is 1.15 bits per heavy atom. The zero-order valence-electron chi connectivity index (χ0n) is 14.9. The van der Waals surface area contributed by atoms with Crippen LogP contribution in [0, 0.1) is 5.92 Å². The minimum absolute atomic E-state index is 0.512. The summed E-state index contributed by atoms with van der Waals surface area (Å²) in [5, 5.41) is 4.81. The third-order valence-corrected chi connectivity index (χ3v) is 5.88. The molecule has 1 atom stereocenters. The lowest BCUT2D eigenvalue weighted by Gasteiger charge is -2.23. The van der Waals surface area contributed by atoms with E-state index in [2.05, 4.69) is 115 Å². The van der Waals surface area contributed by atoms with Gasteiger partial charge >= 0.3 is 0 Å². The molecule has 0 heterocycles. The van der Waals surface area contributed by atoms with Crippen molar-refractivity contribution in [2.24, 2.45) is 5.92 Å². The van der Waals surface area contributed by atoms with Gasteiger partial charge in [-0.2, -0.15) is 0 Å². The fourth-order valence-corrected chi connectivity index (χ4v) is 4.21. The van der Waals surface area contributed by atoms with Crippen LogP contribution in [-0.4, -0.2) is 0 Å². The van der Waals surface area contributed by atoms with Crippen LogP contribution >= 0.6 is 22.6 Å². The maximum Gasteiger partial charge on any atom is 0.0130 e. The standard InChI is InChI=1S/C25H21I/c1-17(20-10-11-22-16-23(26)13-12-21(22)15-20)8-14-24-18(2)7-9-19-5-3-4-6-25(19)24/h3-14,16,21H,2,15H2,1H3/b17-8+,24-14+. The molecule has 0 aromatic heterocycles. The molecule has 0 amide bonds. The van der Waals surface area contributed by atoms with Gasteiger partial charge in [0.05, 0.1) is 0 Å². The van der Waals surface area contributed by atoms with Gasteiger partial charge in [-0.15, -0.1) is 0 Å². The van der Waals surface area contributed by atoms with Crippen LogP contribution in [-0.2, 0) is 0 Å². The van der Waals surface area contributed by atoms with Crippen molar-refractivity contribution in [2.75, 3.05) is 0 Å². The van der Waals surface area contributed by atoms with E-state index >= 15 is 0 Å². The fraction of sp³-hybridized carbons (Fsp3) is 0.120. The van der Waals surface area contributed by atoms with Gasteiger partial charge in [0.2, 0.25) is 0 Å². The molecule has 2 aromatic carbocycles. The highest BCUT2D eigenvalue weighted by Gasteiger charge is 2.18. The van der Waals surface area contributed by atoms with E-state index in [1.807, 2.05) is 0 Å². The second-order valence-corrected chi connectivity index (χ2v) is 8.18. The molecule has 0 bridgehead atoms.